The summed E-state index contributed by atoms with van der Waals surface area (Å²) in [6.45, 7) is 1.62. The fourth-order valence-electron chi connectivity index (χ4n) is 4.96. The van der Waals surface area contributed by atoms with Crippen molar-refractivity contribution in [3.63, 3.8) is 0 Å². The predicted molar refractivity (Wildman–Crippen MR) is 128 cm³/mol. The van der Waals surface area contributed by atoms with Gasteiger partial charge in [-0.3, -0.25) is 19.7 Å². The first kappa shape index (κ1) is 21.8. The molecule has 9 heteroatoms. The fraction of sp³-hybridized carbons (Fsp3) is 0.320. The molecule has 1 saturated carbocycles. The molecule has 3 N–H and O–H groups in total. The van der Waals surface area contributed by atoms with E-state index >= 15 is 0 Å². The van der Waals surface area contributed by atoms with Gasteiger partial charge in [0.05, 0.1) is 5.39 Å². The van der Waals surface area contributed by atoms with Gasteiger partial charge in [-0.1, -0.05) is 18.2 Å². The highest BCUT2D eigenvalue weighted by atomic mass is 16.2. The summed E-state index contributed by atoms with van der Waals surface area (Å²) >= 11 is 0. The van der Waals surface area contributed by atoms with Gasteiger partial charge in [0.15, 0.2) is 0 Å². The number of aryl methyl sites for hydroxylation is 1. The summed E-state index contributed by atoms with van der Waals surface area (Å²) < 4.78 is 2.04. The van der Waals surface area contributed by atoms with Crippen LogP contribution in [0.3, 0.4) is 0 Å². The molecule has 174 valence electrons. The maximum atomic E-state index is 12.8. The fourth-order valence-corrected chi connectivity index (χ4v) is 4.96. The van der Waals surface area contributed by atoms with Gasteiger partial charge in [-0.2, -0.15) is 0 Å². The van der Waals surface area contributed by atoms with E-state index in [1.807, 2.05) is 46.9 Å². The summed E-state index contributed by atoms with van der Waals surface area (Å²) in [7, 11) is 1.96. The maximum absolute atomic E-state index is 12.8. The molecule has 3 amide bonds. The minimum atomic E-state index is -0.439. The second-order valence-corrected chi connectivity index (χ2v) is 8.85. The number of nitrogens with two attached hydrogens (primary N) is 1. The lowest BCUT2D eigenvalue weighted by Crippen LogP contribution is -2.27. The lowest BCUT2D eigenvalue weighted by molar-refractivity contribution is -0.121. The average Bonchev–Trinajstić information content (AvgIpc) is 3.24. The molecule has 2 aliphatic rings. The van der Waals surface area contributed by atoms with Gasteiger partial charge >= 0.3 is 0 Å². The average molecular weight is 459 g/mol. The molecule has 34 heavy (non-hydrogen) atoms. The van der Waals surface area contributed by atoms with Crippen LogP contribution in [-0.2, 0) is 16.6 Å². The smallest absolute Gasteiger partial charge is 0.253 e. The number of carbonyl (C=O) groups excluding carboxylic acids is 3. The van der Waals surface area contributed by atoms with E-state index in [1.54, 1.807) is 0 Å². The topological polar surface area (TPSA) is 123 Å². The molecular weight excluding hydrogens is 432 g/mol. The van der Waals surface area contributed by atoms with E-state index < -0.39 is 5.91 Å². The van der Waals surface area contributed by atoms with Crippen LogP contribution in [0.1, 0.15) is 41.2 Å². The van der Waals surface area contributed by atoms with Crippen LogP contribution in [-0.4, -0.2) is 50.7 Å². The van der Waals surface area contributed by atoms with E-state index in [0.29, 0.717) is 17.8 Å². The van der Waals surface area contributed by atoms with Crippen molar-refractivity contribution < 1.29 is 14.4 Å². The molecule has 0 spiro atoms. The number of rotatable bonds is 6. The van der Waals surface area contributed by atoms with Gasteiger partial charge in [0.1, 0.15) is 17.8 Å². The number of amides is 3. The number of allylic oxidation sites excluding steroid dienone is 1. The molecule has 9 nitrogen and oxygen atoms in total. The number of likely N-dealkylation sites (tertiary alicyclic amines) is 1. The van der Waals surface area contributed by atoms with Gasteiger partial charge in [0, 0.05) is 42.9 Å². The highest BCUT2D eigenvalue weighted by molar-refractivity contribution is 6.03. The first-order valence-electron chi connectivity index (χ1n) is 11.4. The zero-order valence-electron chi connectivity index (χ0n) is 18.9. The summed E-state index contributed by atoms with van der Waals surface area (Å²) in [6.07, 6.45) is 8.02. The summed E-state index contributed by atoms with van der Waals surface area (Å²) in [4.78, 5) is 45.5. The van der Waals surface area contributed by atoms with Crippen molar-refractivity contribution in [1.82, 2.24) is 24.8 Å². The Bertz CT molecular complexity index is 1300. The zero-order valence-corrected chi connectivity index (χ0v) is 18.9. The molecule has 2 aromatic heterocycles. The standard InChI is InChI=1S/C25H26N6O3/c1-30-22(18-12-17(18)8-9-19(33)29-14-32)20(21-23(26)27-13-28-24(21)30)15-4-6-16(7-5-15)25(34)31-10-2-3-11-31/h4-9,13-14,17-18H,2-3,10-12H2,1H3,(H2,26,27,28)(H,29,32,33)/t17-,18+/m1/s1. The van der Waals surface area contributed by atoms with E-state index in [1.165, 1.54) is 12.4 Å². The highest BCUT2D eigenvalue weighted by Crippen LogP contribution is 2.53. The number of nitrogens with one attached hydrogen (secondary N) is 1. The number of anilines is 1. The molecule has 1 saturated heterocycles. The van der Waals surface area contributed by atoms with Crippen LogP contribution < -0.4 is 11.1 Å². The van der Waals surface area contributed by atoms with Crippen molar-refractivity contribution in [2.75, 3.05) is 18.8 Å². The Morgan fingerprint density at radius 1 is 1.15 bits per heavy atom. The Morgan fingerprint density at radius 3 is 2.59 bits per heavy atom. The number of benzene rings is 1. The number of aromatic nitrogens is 3. The summed E-state index contributed by atoms with van der Waals surface area (Å²) in [6, 6.07) is 7.65. The first-order valence-corrected chi connectivity index (χ1v) is 11.4. The Hall–Kier alpha value is -4.01. The highest BCUT2D eigenvalue weighted by Gasteiger charge is 2.41. The Balaban J connectivity index is 1.52. The van der Waals surface area contributed by atoms with Crippen LogP contribution in [0.2, 0.25) is 0 Å². The normalized spacial score (nSPS) is 19.6. The van der Waals surface area contributed by atoms with Gasteiger partial charge in [-0.05, 0) is 49.0 Å². The maximum Gasteiger partial charge on any atom is 0.253 e. The van der Waals surface area contributed by atoms with Crippen LogP contribution in [0, 0.1) is 5.92 Å². The molecule has 0 unspecified atom stereocenters. The van der Waals surface area contributed by atoms with Crippen molar-refractivity contribution >= 4 is 35.1 Å². The Labute approximate surface area is 196 Å². The van der Waals surface area contributed by atoms with Crippen LogP contribution in [0.25, 0.3) is 22.2 Å². The van der Waals surface area contributed by atoms with Crippen molar-refractivity contribution in [3.8, 4) is 11.1 Å². The molecule has 1 aromatic carbocycles. The van der Waals surface area contributed by atoms with E-state index in [2.05, 4.69) is 15.3 Å². The molecule has 3 aromatic rings. The molecule has 2 fully saturated rings. The van der Waals surface area contributed by atoms with Crippen LogP contribution in [0.5, 0.6) is 0 Å². The summed E-state index contributed by atoms with van der Waals surface area (Å²) in [5, 5.41) is 2.90. The monoisotopic (exact) mass is 458 g/mol. The lowest BCUT2D eigenvalue weighted by Gasteiger charge is -2.15. The zero-order chi connectivity index (χ0) is 23.8. The van der Waals surface area contributed by atoms with Crippen LogP contribution in [0.15, 0.2) is 42.7 Å². The molecule has 0 radical (unpaired) electrons. The third kappa shape index (κ3) is 3.83. The third-order valence-corrected chi connectivity index (χ3v) is 6.74. The quantitative estimate of drug-likeness (QED) is 0.432. The van der Waals surface area contributed by atoms with E-state index in [-0.39, 0.29) is 17.7 Å². The minimum absolute atomic E-state index is 0.0611. The number of hydrogen-bond donors (Lipinski definition) is 2. The van der Waals surface area contributed by atoms with Crippen molar-refractivity contribution in [3.05, 3.63) is 54.0 Å². The molecule has 2 atom stereocenters. The van der Waals surface area contributed by atoms with Gasteiger partial charge < -0.3 is 15.2 Å². The predicted octanol–water partition coefficient (Wildman–Crippen LogP) is 2.39. The second kappa shape index (κ2) is 8.74. The number of nitrogens with zero attached hydrogens (tertiary/aromatic N) is 4. The van der Waals surface area contributed by atoms with Gasteiger partial charge in [0.25, 0.3) is 5.91 Å². The molecule has 5 rings (SSSR count). The van der Waals surface area contributed by atoms with Gasteiger partial charge in [0.2, 0.25) is 12.3 Å². The minimum Gasteiger partial charge on any atom is -0.383 e. The summed E-state index contributed by atoms with van der Waals surface area (Å²) in [5.74, 6) is 0.346. The summed E-state index contributed by atoms with van der Waals surface area (Å²) in [5.41, 5.74) is 10.7. The van der Waals surface area contributed by atoms with Crippen molar-refractivity contribution in [1.29, 1.82) is 0 Å². The Morgan fingerprint density at radius 2 is 1.88 bits per heavy atom. The SMILES string of the molecule is Cn1c([C@H]2C[C@H]2C=CC(=O)NC=O)c(-c2ccc(C(=O)N3CCCC3)cc2)c2c(N)ncnc21. The van der Waals surface area contributed by atoms with E-state index in [0.717, 1.165) is 60.2 Å². The van der Waals surface area contributed by atoms with Crippen molar-refractivity contribution in [2.45, 2.75) is 25.2 Å². The second-order valence-electron chi connectivity index (χ2n) is 8.85. The van der Waals surface area contributed by atoms with Gasteiger partial charge in [-0.15, -0.1) is 0 Å². The molecule has 0 bridgehead atoms. The third-order valence-electron chi connectivity index (χ3n) is 6.74. The number of hydrogen-bond acceptors (Lipinski definition) is 6. The van der Waals surface area contributed by atoms with Crippen LogP contribution >= 0.6 is 0 Å². The molecule has 3 heterocycles. The number of fused-ring (bicyclic) bond motifs is 1. The first-order chi connectivity index (χ1) is 16.5. The largest absolute Gasteiger partial charge is 0.383 e. The molecule has 1 aliphatic heterocycles. The number of nitrogen functional groups attached to an aromatic ring is 1. The Kier molecular flexibility index (Phi) is 5.61. The molecule has 1 aliphatic carbocycles. The lowest BCUT2D eigenvalue weighted by atomic mass is 9.98. The number of imide groups is 1. The van der Waals surface area contributed by atoms with E-state index in [4.69, 9.17) is 5.73 Å². The number of carbonyl (C=O) groups is 3. The molecular formula is C25H26N6O3. The van der Waals surface area contributed by atoms with E-state index in [9.17, 15) is 14.4 Å². The van der Waals surface area contributed by atoms with Gasteiger partial charge in [-0.25, -0.2) is 9.97 Å². The van der Waals surface area contributed by atoms with Crippen LogP contribution in [0.4, 0.5) is 5.82 Å². The van der Waals surface area contributed by atoms with Crippen molar-refractivity contribution in [2.24, 2.45) is 13.0 Å².